The molecule has 5 rings (SSSR count). The van der Waals surface area contributed by atoms with E-state index in [1.165, 1.54) is 5.56 Å². The zero-order chi connectivity index (χ0) is 20.7. The van der Waals surface area contributed by atoms with Crippen molar-refractivity contribution in [3.8, 4) is 11.3 Å². The number of amides is 1. The van der Waals surface area contributed by atoms with Crippen molar-refractivity contribution in [3.63, 3.8) is 0 Å². The van der Waals surface area contributed by atoms with Gasteiger partial charge in [0.1, 0.15) is 5.76 Å². The van der Waals surface area contributed by atoms with E-state index >= 15 is 0 Å². The first-order valence-corrected chi connectivity index (χ1v) is 10.6. The molecule has 0 bridgehead atoms. The molecular formula is C23H26N4O3. The number of hydrogen-bond acceptors (Lipinski definition) is 5. The van der Waals surface area contributed by atoms with Gasteiger partial charge in [-0.3, -0.25) is 14.5 Å². The number of ether oxygens (including phenoxy) is 1. The van der Waals surface area contributed by atoms with E-state index in [0.717, 1.165) is 54.1 Å². The zero-order valence-corrected chi connectivity index (χ0v) is 17.4. The van der Waals surface area contributed by atoms with Crippen LogP contribution in [0.1, 0.15) is 58.8 Å². The Bertz CT molecular complexity index is 1060. The van der Waals surface area contributed by atoms with Crippen molar-refractivity contribution in [3.05, 3.63) is 58.9 Å². The summed E-state index contributed by atoms with van der Waals surface area (Å²) >= 11 is 0. The Kier molecular flexibility index (Phi) is 4.90. The number of carbonyl (C=O) groups is 1. The van der Waals surface area contributed by atoms with Crippen LogP contribution in [0.5, 0.6) is 0 Å². The Hall–Kier alpha value is -2.93. The summed E-state index contributed by atoms with van der Waals surface area (Å²) in [6.45, 7) is 6.02. The van der Waals surface area contributed by atoms with Crippen molar-refractivity contribution in [2.45, 2.75) is 51.7 Å². The van der Waals surface area contributed by atoms with E-state index in [-0.39, 0.29) is 17.9 Å². The number of rotatable bonds is 5. The summed E-state index contributed by atoms with van der Waals surface area (Å²) < 4.78 is 13.6. The molecular weight excluding hydrogens is 380 g/mol. The Morgan fingerprint density at radius 1 is 1.37 bits per heavy atom. The highest BCUT2D eigenvalue weighted by Gasteiger charge is 2.33. The lowest BCUT2D eigenvalue weighted by molar-refractivity contribution is 0.0833. The van der Waals surface area contributed by atoms with Crippen LogP contribution in [-0.4, -0.2) is 39.9 Å². The Labute approximate surface area is 175 Å². The second-order valence-electron chi connectivity index (χ2n) is 8.26. The average Bonchev–Trinajstić information content (AvgIpc) is 3.46. The van der Waals surface area contributed by atoms with E-state index in [2.05, 4.69) is 23.4 Å². The summed E-state index contributed by atoms with van der Waals surface area (Å²) in [5.41, 5.74) is 4.88. The predicted octanol–water partition coefficient (Wildman–Crippen LogP) is 3.46. The number of aromatic nitrogens is 3. The van der Waals surface area contributed by atoms with E-state index in [1.54, 1.807) is 6.20 Å². The standard InChI is InChI=1S/C23H26N4O3/c1-14-10-19-20(15(2)22(30-19)23(28)25-11-17-7-5-9-29-17)21-18(14)13-27(26-21)12-16-6-3-4-8-24-16/h3-4,6,8,13-14,17H,5,7,9-12H2,1-2H3,(H,25,28)/t14?,17-/m0/s1. The maximum absolute atomic E-state index is 12.8. The Morgan fingerprint density at radius 3 is 3.03 bits per heavy atom. The van der Waals surface area contributed by atoms with Crippen molar-refractivity contribution in [1.82, 2.24) is 20.1 Å². The second kappa shape index (κ2) is 7.72. The topological polar surface area (TPSA) is 82.2 Å². The van der Waals surface area contributed by atoms with Crippen molar-refractivity contribution >= 4 is 5.91 Å². The summed E-state index contributed by atoms with van der Waals surface area (Å²) in [6.07, 6.45) is 6.80. The molecule has 0 radical (unpaired) electrons. The van der Waals surface area contributed by atoms with Crippen LogP contribution in [-0.2, 0) is 17.7 Å². The highest BCUT2D eigenvalue weighted by molar-refractivity contribution is 5.95. The lowest BCUT2D eigenvalue weighted by atomic mass is 9.86. The van der Waals surface area contributed by atoms with Gasteiger partial charge in [-0.25, -0.2) is 0 Å². The number of nitrogens with one attached hydrogen (secondary N) is 1. The summed E-state index contributed by atoms with van der Waals surface area (Å²) in [7, 11) is 0. The maximum atomic E-state index is 12.8. The van der Waals surface area contributed by atoms with Gasteiger partial charge in [0, 0.05) is 48.7 Å². The van der Waals surface area contributed by atoms with Crippen molar-refractivity contribution in [2.24, 2.45) is 0 Å². The predicted molar refractivity (Wildman–Crippen MR) is 111 cm³/mol. The molecule has 1 N–H and O–H groups in total. The second-order valence-corrected chi connectivity index (χ2v) is 8.26. The van der Waals surface area contributed by atoms with Gasteiger partial charge in [0.15, 0.2) is 5.76 Å². The first-order valence-electron chi connectivity index (χ1n) is 10.6. The number of hydrogen-bond donors (Lipinski definition) is 1. The van der Waals surface area contributed by atoms with Gasteiger partial charge in [-0.2, -0.15) is 5.10 Å². The fourth-order valence-corrected chi connectivity index (χ4v) is 4.45. The lowest BCUT2D eigenvalue weighted by Gasteiger charge is -2.16. The van der Waals surface area contributed by atoms with E-state index in [9.17, 15) is 4.79 Å². The highest BCUT2D eigenvalue weighted by atomic mass is 16.5. The van der Waals surface area contributed by atoms with E-state index < -0.39 is 0 Å². The number of pyridine rings is 1. The Balaban J connectivity index is 1.42. The molecule has 1 fully saturated rings. The first kappa shape index (κ1) is 19.1. The van der Waals surface area contributed by atoms with Crippen LogP contribution in [0.4, 0.5) is 0 Å². The minimum Gasteiger partial charge on any atom is -0.455 e. The molecule has 7 heteroatoms. The fourth-order valence-electron chi connectivity index (χ4n) is 4.45. The van der Waals surface area contributed by atoms with Gasteiger partial charge in [-0.15, -0.1) is 0 Å². The monoisotopic (exact) mass is 406 g/mol. The van der Waals surface area contributed by atoms with Crippen LogP contribution >= 0.6 is 0 Å². The third-order valence-corrected chi connectivity index (χ3v) is 6.04. The van der Waals surface area contributed by atoms with Crippen LogP contribution in [0.2, 0.25) is 0 Å². The summed E-state index contributed by atoms with van der Waals surface area (Å²) in [6, 6.07) is 5.88. The molecule has 4 heterocycles. The smallest absolute Gasteiger partial charge is 0.287 e. The molecule has 3 aromatic heterocycles. The van der Waals surface area contributed by atoms with Crippen LogP contribution in [0.25, 0.3) is 11.3 Å². The fraction of sp³-hybridized carbons (Fsp3) is 0.435. The first-order chi connectivity index (χ1) is 14.6. The third-order valence-electron chi connectivity index (χ3n) is 6.04. The van der Waals surface area contributed by atoms with Crippen LogP contribution in [0.3, 0.4) is 0 Å². The molecule has 0 spiro atoms. The lowest BCUT2D eigenvalue weighted by Crippen LogP contribution is -2.31. The van der Waals surface area contributed by atoms with Crippen LogP contribution in [0.15, 0.2) is 35.0 Å². The molecule has 1 amide bonds. The van der Waals surface area contributed by atoms with E-state index in [1.807, 2.05) is 29.8 Å². The van der Waals surface area contributed by atoms with Crippen LogP contribution in [0, 0.1) is 6.92 Å². The van der Waals surface area contributed by atoms with E-state index in [0.29, 0.717) is 18.8 Å². The molecule has 1 aliphatic carbocycles. The van der Waals surface area contributed by atoms with Crippen LogP contribution < -0.4 is 5.32 Å². The third kappa shape index (κ3) is 3.43. The number of furan rings is 1. The molecule has 1 unspecified atom stereocenters. The molecule has 2 aliphatic rings. The Morgan fingerprint density at radius 2 is 2.27 bits per heavy atom. The van der Waals surface area contributed by atoms with Crippen molar-refractivity contribution in [1.29, 1.82) is 0 Å². The largest absolute Gasteiger partial charge is 0.455 e. The number of fused-ring (bicyclic) bond motifs is 3. The summed E-state index contributed by atoms with van der Waals surface area (Å²) in [5.74, 6) is 1.33. The van der Waals surface area contributed by atoms with Gasteiger partial charge in [0.25, 0.3) is 5.91 Å². The van der Waals surface area contributed by atoms with Gasteiger partial charge >= 0.3 is 0 Å². The normalized spacial score (nSPS) is 20.1. The maximum Gasteiger partial charge on any atom is 0.287 e. The molecule has 0 saturated carbocycles. The molecule has 156 valence electrons. The SMILES string of the molecule is Cc1c(C(=O)NC[C@@H]2CCCO2)oc2c1-c1nn(Cc3ccccn3)cc1C(C)C2. The number of nitrogens with zero attached hydrogens (tertiary/aromatic N) is 3. The molecule has 1 saturated heterocycles. The van der Waals surface area contributed by atoms with Crippen molar-refractivity contribution in [2.75, 3.05) is 13.2 Å². The van der Waals surface area contributed by atoms with Gasteiger partial charge in [0.2, 0.25) is 0 Å². The molecule has 0 aromatic carbocycles. The molecule has 3 aromatic rings. The summed E-state index contributed by atoms with van der Waals surface area (Å²) in [4.78, 5) is 17.2. The van der Waals surface area contributed by atoms with E-state index in [4.69, 9.17) is 14.3 Å². The van der Waals surface area contributed by atoms with Gasteiger partial charge < -0.3 is 14.5 Å². The molecule has 7 nitrogen and oxygen atoms in total. The minimum atomic E-state index is -0.181. The van der Waals surface area contributed by atoms with Gasteiger partial charge in [-0.05, 0) is 37.8 Å². The molecule has 2 atom stereocenters. The van der Waals surface area contributed by atoms with Gasteiger partial charge in [0.05, 0.1) is 24.0 Å². The highest BCUT2D eigenvalue weighted by Crippen LogP contribution is 2.42. The molecule has 1 aliphatic heterocycles. The molecule has 30 heavy (non-hydrogen) atoms. The zero-order valence-electron chi connectivity index (χ0n) is 17.4. The van der Waals surface area contributed by atoms with Gasteiger partial charge in [-0.1, -0.05) is 13.0 Å². The number of carbonyl (C=O) groups excluding carboxylic acids is 1. The average molecular weight is 406 g/mol. The van der Waals surface area contributed by atoms with Crippen molar-refractivity contribution < 1.29 is 13.9 Å². The minimum absolute atomic E-state index is 0.104. The quantitative estimate of drug-likeness (QED) is 0.702. The summed E-state index contributed by atoms with van der Waals surface area (Å²) in [5, 5.41) is 7.82.